The standard InChI is InChI=1S/C10H8N2S2/c11-7-13-6-10(14-8-12)9-4-2-1-3-5-9/h1-5,10H,6H2. The molecule has 0 aliphatic heterocycles. The van der Waals surface area contributed by atoms with Crippen molar-refractivity contribution in [1.29, 1.82) is 10.5 Å². The maximum absolute atomic E-state index is 8.62. The zero-order chi connectivity index (χ0) is 10.2. The lowest BCUT2D eigenvalue weighted by atomic mass is 10.2. The van der Waals surface area contributed by atoms with Crippen molar-refractivity contribution in [2.75, 3.05) is 5.75 Å². The second-order valence-electron chi connectivity index (χ2n) is 2.51. The van der Waals surface area contributed by atoms with Crippen molar-refractivity contribution >= 4 is 23.5 Å². The highest BCUT2D eigenvalue weighted by Gasteiger charge is 2.11. The number of hydrogen-bond donors (Lipinski definition) is 0. The number of thioether (sulfide) groups is 2. The molecule has 0 heterocycles. The molecule has 1 rings (SSSR count). The normalized spacial score (nSPS) is 11.3. The van der Waals surface area contributed by atoms with Gasteiger partial charge >= 0.3 is 0 Å². The van der Waals surface area contributed by atoms with Crippen LogP contribution in [0.15, 0.2) is 30.3 Å². The van der Waals surface area contributed by atoms with Gasteiger partial charge in [0.25, 0.3) is 0 Å². The molecular formula is C10H8N2S2. The molecule has 0 saturated heterocycles. The van der Waals surface area contributed by atoms with Gasteiger partial charge in [-0.3, -0.25) is 0 Å². The highest BCUT2D eigenvalue weighted by atomic mass is 32.2. The monoisotopic (exact) mass is 220 g/mol. The van der Waals surface area contributed by atoms with Crippen LogP contribution in [0.3, 0.4) is 0 Å². The van der Waals surface area contributed by atoms with Gasteiger partial charge in [-0.1, -0.05) is 30.3 Å². The summed E-state index contributed by atoms with van der Waals surface area (Å²) in [7, 11) is 0. The highest BCUT2D eigenvalue weighted by molar-refractivity contribution is 8.07. The van der Waals surface area contributed by atoms with E-state index in [-0.39, 0.29) is 5.25 Å². The number of benzene rings is 1. The van der Waals surface area contributed by atoms with Crippen LogP contribution in [0.2, 0.25) is 0 Å². The van der Waals surface area contributed by atoms with Gasteiger partial charge in [0, 0.05) is 5.75 Å². The van der Waals surface area contributed by atoms with E-state index in [0.717, 1.165) is 5.56 Å². The minimum Gasteiger partial charge on any atom is -0.185 e. The van der Waals surface area contributed by atoms with Gasteiger partial charge in [-0.05, 0) is 29.1 Å². The minimum atomic E-state index is 0.0887. The van der Waals surface area contributed by atoms with Crippen LogP contribution >= 0.6 is 23.5 Å². The summed E-state index contributed by atoms with van der Waals surface area (Å²) in [6.07, 6.45) is 0. The molecule has 1 aromatic rings. The summed E-state index contributed by atoms with van der Waals surface area (Å²) in [6.45, 7) is 0. The Bertz CT molecular complexity index is 351. The van der Waals surface area contributed by atoms with E-state index in [2.05, 4.69) is 5.40 Å². The Morgan fingerprint density at radius 1 is 1.14 bits per heavy atom. The maximum Gasteiger partial charge on any atom is 0.134 e. The molecule has 4 heteroatoms. The lowest BCUT2D eigenvalue weighted by Gasteiger charge is -2.09. The molecule has 1 unspecified atom stereocenters. The summed E-state index contributed by atoms with van der Waals surface area (Å²) in [5, 5.41) is 21.2. The number of nitriles is 2. The molecule has 2 nitrogen and oxygen atoms in total. The Balaban J connectivity index is 2.69. The van der Waals surface area contributed by atoms with Crippen LogP contribution in [0, 0.1) is 21.3 Å². The molecule has 1 aromatic carbocycles. The third-order valence-electron chi connectivity index (χ3n) is 1.67. The first-order chi connectivity index (χ1) is 6.88. The maximum atomic E-state index is 8.62. The molecule has 0 aromatic heterocycles. The molecule has 0 bridgehead atoms. The second-order valence-corrected chi connectivity index (χ2v) is 4.30. The van der Waals surface area contributed by atoms with E-state index in [4.69, 9.17) is 10.5 Å². The summed E-state index contributed by atoms with van der Waals surface area (Å²) in [5.41, 5.74) is 1.10. The van der Waals surface area contributed by atoms with E-state index >= 15 is 0 Å². The van der Waals surface area contributed by atoms with E-state index in [1.807, 2.05) is 35.7 Å². The van der Waals surface area contributed by atoms with Crippen molar-refractivity contribution in [2.24, 2.45) is 0 Å². The third kappa shape index (κ3) is 3.33. The summed E-state index contributed by atoms with van der Waals surface area (Å²) >= 11 is 2.39. The number of thiocyanates is 2. The van der Waals surface area contributed by atoms with Crippen LogP contribution in [-0.2, 0) is 0 Å². The number of hydrogen-bond acceptors (Lipinski definition) is 4. The first-order valence-corrected chi connectivity index (χ1v) is 5.85. The molecule has 0 N–H and O–H groups in total. The molecule has 0 aliphatic rings. The van der Waals surface area contributed by atoms with Gasteiger partial charge in [0.2, 0.25) is 0 Å². The van der Waals surface area contributed by atoms with Crippen molar-refractivity contribution in [3.8, 4) is 10.8 Å². The quantitative estimate of drug-likeness (QED) is 0.731. The molecule has 0 aliphatic carbocycles. The van der Waals surface area contributed by atoms with Gasteiger partial charge in [0.1, 0.15) is 10.8 Å². The zero-order valence-electron chi connectivity index (χ0n) is 7.38. The topological polar surface area (TPSA) is 47.6 Å². The van der Waals surface area contributed by atoms with Crippen molar-refractivity contribution in [2.45, 2.75) is 5.25 Å². The van der Waals surface area contributed by atoms with Crippen molar-refractivity contribution in [3.63, 3.8) is 0 Å². The lowest BCUT2D eigenvalue weighted by Crippen LogP contribution is -1.95. The van der Waals surface area contributed by atoms with Gasteiger partial charge in [-0.25, -0.2) is 0 Å². The summed E-state index contributed by atoms with van der Waals surface area (Å²) in [5.74, 6) is 0.652. The van der Waals surface area contributed by atoms with E-state index in [1.165, 1.54) is 23.5 Å². The Morgan fingerprint density at radius 3 is 2.43 bits per heavy atom. The van der Waals surface area contributed by atoms with Gasteiger partial charge in [-0.15, -0.1) is 0 Å². The molecule has 0 spiro atoms. The molecule has 0 radical (unpaired) electrons. The molecular weight excluding hydrogens is 212 g/mol. The van der Waals surface area contributed by atoms with Crippen molar-refractivity contribution < 1.29 is 0 Å². The van der Waals surface area contributed by atoms with Gasteiger partial charge < -0.3 is 0 Å². The smallest absolute Gasteiger partial charge is 0.134 e. The first-order valence-electron chi connectivity index (χ1n) is 3.99. The van der Waals surface area contributed by atoms with E-state index in [9.17, 15) is 0 Å². The predicted molar refractivity (Wildman–Crippen MR) is 60.5 cm³/mol. The van der Waals surface area contributed by atoms with Gasteiger partial charge in [-0.2, -0.15) is 10.5 Å². The predicted octanol–water partition coefficient (Wildman–Crippen LogP) is 3.16. The van der Waals surface area contributed by atoms with Crippen LogP contribution in [0.1, 0.15) is 10.8 Å². The van der Waals surface area contributed by atoms with E-state index in [0.29, 0.717) is 5.75 Å². The fraction of sp³-hybridized carbons (Fsp3) is 0.200. The summed E-state index contributed by atoms with van der Waals surface area (Å²) < 4.78 is 0. The van der Waals surface area contributed by atoms with E-state index in [1.54, 1.807) is 0 Å². The summed E-state index contributed by atoms with van der Waals surface area (Å²) in [6, 6.07) is 9.78. The number of nitrogens with zero attached hydrogens (tertiary/aromatic N) is 2. The Labute approximate surface area is 91.9 Å². The fourth-order valence-electron chi connectivity index (χ4n) is 1.04. The Kier molecular flexibility index (Phi) is 4.99. The largest absolute Gasteiger partial charge is 0.185 e. The Hall–Kier alpha value is -1.10. The van der Waals surface area contributed by atoms with Crippen molar-refractivity contribution in [1.82, 2.24) is 0 Å². The van der Waals surface area contributed by atoms with Gasteiger partial charge in [0.15, 0.2) is 0 Å². The van der Waals surface area contributed by atoms with Crippen LogP contribution in [0.5, 0.6) is 0 Å². The fourth-order valence-corrected chi connectivity index (χ4v) is 2.36. The lowest BCUT2D eigenvalue weighted by molar-refractivity contribution is 1.13. The average molecular weight is 220 g/mol. The average Bonchev–Trinajstić information content (AvgIpc) is 2.25. The minimum absolute atomic E-state index is 0.0887. The molecule has 14 heavy (non-hydrogen) atoms. The van der Waals surface area contributed by atoms with Gasteiger partial charge in [0.05, 0.1) is 5.25 Å². The molecule has 0 amide bonds. The summed E-state index contributed by atoms with van der Waals surface area (Å²) in [4.78, 5) is 0. The van der Waals surface area contributed by atoms with Crippen LogP contribution < -0.4 is 0 Å². The SMILES string of the molecule is N#CSCC(SC#N)c1ccccc1. The van der Waals surface area contributed by atoms with Crippen molar-refractivity contribution in [3.05, 3.63) is 35.9 Å². The third-order valence-corrected chi connectivity index (χ3v) is 3.33. The molecule has 1 atom stereocenters. The zero-order valence-corrected chi connectivity index (χ0v) is 9.02. The molecule has 70 valence electrons. The second kappa shape index (κ2) is 6.37. The van der Waals surface area contributed by atoms with Crippen LogP contribution in [-0.4, -0.2) is 5.75 Å². The molecule has 0 saturated carbocycles. The van der Waals surface area contributed by atoms with E-state index < -0.39 is 0 Å². The first kappa shape index (κ1) is 11.0. The number of rotatable bonds is 4. The Morgan fingerprint density at radius 2 is 1.86 bits per heavy atom. The molecule has 0 fully saturated rings. The highest BCUT2D eigenvalue weighted by Crippen LogP contribution is 2.30. The van der Waals surface area contributed by atoms with Crippen LogP contribution in [0.4, 0.5) is 0 Å². The van der Waals surface area contributed by atoms with Crippen LogP contribution in [0.25, 0.3) is 0 Å².